The molecule has 8 nitrogen and oxygen atoms in total. The van der Waals surface area contributed by atoms with Crippen LogP contribution >= 0.6 is 0 Å². The lowest BCUT2D eigenvalue weighted by Crippen LogP contribution is -2.53. The number of hydrogen-bond acceptors (Lipinski definition) is 6. The van der Waals surface area contributed by atoms with Crippen LogP contribution in [0.1, 0.15) is 38.5 Å². The number of rotatable bonds is 4. The Hall–Kier alpha value is -2.64. The number of carbonyl (C=O) groups is 1. The Bertz CT molecular complexity index is 777. The van der Waals surface area contributed by atoms with Gasteiger partial charge >= 0.3 is 6.03 Å². The molecule has 0 radical (unpaired) electrons. The summed E-state index contributed by atoms with van der Waals surface area (Å²) in [4.78, 5) is 20.7. The largest absolute Gasteiger partial charge is 0.420 e. The maximum absolute atomic E-state index is 12.2. The van der Waals surface area contributed by atoms with E-state index in [1.165, 1.54) is 0 Å². The second kappa shape index (κ2) is 6.93. The minimum absolute atomic E-state index is 0.00753. The van der Waals surface area contributed by atoms with Crippen molar-refractivity contribution >= 4 is 11.8 Å². The van der Waals surface area contributed by atoms with E-state index in [1.54, 1.807) is 6.20 Å². The molecule has 4 rings (SSSR count). The van der Waals surface area contributed by atoms with E-state index < -0.39 is 0 Å². The Balaban J connectivity index is 1.48. The fraction of sp³-hybridized carbons (Fsp3) is 0.556. The molecule has 26 heavy (non-hydrogen) atoms. The zero-order chi connectivity index (χ0) is 18.1. The van der Waals surface area contributed by atoms with Crippen molar-refractivity contribution in [2.75, 3.05) is 31.1 Å². The van der Waals surface area contributed by atoms with E-state index in [0.29, 0.717) is 24.9 Å². The van der Waals surface area contributed by atoms with Crippen LogP contribution in [0.4, 0.5) is 10.6 Å². The van der Waals surface area contributed by atoms with Gasteiger partial charge in [0.1, 0.15) is 5.82 Å². The number of urea groups is 1. The van der Waals surface area contributed by atoms with E-state index in [0.717, 1.165) is 43.2 Å². The van der Waals surface area contributed by atoms with E-state index in [-0.39, 0.29) is 12.1 Å². The van der Waals surface area contributed by atoms with Crippen LogP contribution in [0.2, 0.25) is 0 Å². The molecule has 0 spiro atoms. The molecular weight excluding hydrogens is 332 g/mol. The molecule has 2 amide bonds. The molecule has 1 aliphatic carbocycles. The average molecular weight is 356 g/mol. The van der Waals surface area contributed by atoms with Crippen molar-refractivity contribution in [2.24, 2.45) is 0 Å². The lowest BCUT2D eigenvalue weighted by molar-refractivity contribution is 0.191. The Morgan fingerprint density at radius 3 is 2.69 bits per heavy atom. The number of carbonyl (C=O) groups excluding carboxylic acids is 1. The first-order chi connectivity index (χ1) is 12.6. The second-order valence-electron chi connectivity index (χ2n) is 7.17. The number of amides is 2. The van der Waals surface area contributed by atoms with Gasteiger partial charge in [-0.25, -0.2) is 9.78 Å². The van der Waals surface area contributed by atoms with Crippen LogP contribution in [0.15, 0.2) is 22.7 Å². The summed E-state index contributed by atoms with van der Waals surface area (Å²) in [6, 6.07) is 3.98. The highest BCUT2D eigenvalue weighted by atomic mass is 16.4. The van der Waals surface area contributed by atoms with E-state index in [2.05, 4.69) is 25.4 Å². The maximum Gasteiger partial charge on any atom is 0.317 e. The van der Waals surface area contributed by atoms with Crippen molar-refractivity contribution in [1.29, 1.82) is 0 Å². The molecule has 1 saturated heterocycles. The number of nitrogens with one attached hydrogen (secondary N) is 1. The Morgan fingerprint density at radius 2 is 2.00 bits per heavy atom. The molecule has 2 aromatic heterocycles. The highest BCUT2D eigenvalue weighted by Crippen LogP contribution is 2.40. The van der Waals surface area contributed by atoms with E-state index in [1.807, 2.05) is 30.9 Å². The van der Waals surface area contributed by atoms with Crippen molar-refractivity contribution in [2.45, 2.75) is 38.6 Å². The monoisotopic (exact) mass is 356 g/mol. The molecule has 8 heteroatoms. The molecule has 3 heterocycles. The molecule has 1 N–H and O–H groups in total. The minimum Gasteiger partial charge on any atom is -0.420 e. The van der Waals surface area contributed by atoms with Gasteiger partial charge in [-0.15, -0.1) is 10.2 Å². The maximum atomic E-state index is 12.2. The van der Waals surface area contributed by atoms with Crippen LogP contribution in [0.25, 0.3) is 11.5 Å². The van der Waals surface area contributed by atoms with Crippen LogP contribution in [-0.2, 0) is 0 Å². The summed E-state index contributed by atoms with van der Waals surface area (Å²) in [7, 11) is 0. The standard InChI is InChI=1S/C18H24N6O2/c1-12(2)20-18(25)24-10-8-23(9-11-24)15-14(4-3-7-19-15)17-22-21-16(26-17)13-5-6-13/h3-4,7,12-13H,5-6,8-11H2,1-2H3,(H,20,25). The number of pyridine rings is 1. The number of hydrogen-bond donors (Lipinski definition) is 1. The molecule has 2 aliphatic rings. The van der Waals surface area contributed by atoms with Gasteiger partial charge in [-0.2, -0.15) is 0 Å². The van der Waals surface area contributed by atoms with Crippen molar-refractivity contribution < 1.29 is 9.21 Å². The minimum atomic E-state index is -0.00753. The third-order valence-electron chi connectivity index (χ3n) is 4.66. The summed E-state index contributed by atoms with van der Waals surface area (Å²) in [5.74, 6) is 2.52. The van der Waals surface area contributed by atoms with Crippen molar-refractivity contribution in [3.63, 3.8) is 0 Å². The van der Waals surface area contributed by atoms with Crippen LogP contribution in [0, 0.1) is 0 Å². The third kappa shape index (κ3) is 3.49. The first-order valence-electron chi connectivity index (χ1n) is 9.21. The predicted molar refractivity (Wildman–Crippen MR) is 97.0 cm³/mol. The van der Waals surface area contributed by atoms with Crippen molar-refractivity contribution in [1.82, 2.24) is 25.4 Å². The SMILES string of the molecule is CC(C)NC(=O)N1CCN(c2ncccc2-c2nnc(C3CC3)o2)CC1. The molecule has 0 bridgehead atoms. The highest BCUT2D eigenvalue weighted by molar-refractivity contribution is 5.75. The number of anilines is 1. The van der Waals surface area contributed by atoms with Gasteiger partial charge < -0.3 is 19.5 Å². The Morgan fingerprint density at radius 1 is 1.23 bits per heavy atom. The van der Waals surface area contributed by atoms with Gasteiger partial charge in [-0.3, -0.25) is 0 Å². The summed E-state index contributed by atoms with van der Waals surface area (Å²) in [6.07, 6.45) is 4.03. The fourth-order valence-corrected chi connectivity index (χ4v) is 3.11. The zero-order valence-electron chi connectivity index (χ0n) is 15.2. The normalized spacial score (nSPS) is 17.7. The lowest BCUT2D eigenvalue weighted by Gasteiger charge is -2.36. The smallest absolute Gasteiger partial charge is 0.317 e. The molecule has 0 unspecified atom stereocenters. The molecular formula is C18H24N6O2. The van der Waals surface area contributed by atoms with Gasteiger partial charge in [0, 0.05) is 44.3 Å². The van der Waals surface area contributed by atoms with Gasteiger partial charge in [0.05, 0.1) is 5.56 Å². The topological polar surface area (TPSA) is 87.4 Å². The summed E-state index contributed by atoms with van der Waals surface area (Å²) >= 11 is 0. The van der Waals surface area contributed by atoms with E-state index >= 15 is 0 Å². The van der Waals surface area contributed by atoms with Crippen molar-refractivity contribution in [3.05, 3.63) is 24.2 Å². The average Bonchev–Trinajstić information content (AvgIpc) is 3.38. The lowest BCUT2D eigenvalue weighted by atomic mass is 10.2. The molecule has 0 aromatic carbocycles. The molecule has 2 fully saturated rings. The van der Waals surface area contributed by atoms with Gasteiger partial charge in [0.25, 0.3) is 5.89 Å². The Labute approximate surface area is 152 Å². The first kappa shape index (κ1) is 16.8. The molecule has 138 valence electrons. The summed E-state index contributed by atoms with van der Waals surface area (Å²) in [6.45, 7) is 6.69. The molecule has 1 aliphatic heterocycles. The van der Waals surface area contributed by atoms with Crippen molar-refractivity contribution in [3.8, 4) is 11.5 Å². The van der Waals surface area contributed by atoms with Crippen LogP contribution < -0.4 is 10.2 Å². The number of aromatic nitrogens is 3. The summed E-state index contributed by atoms with van der Waals surface area (Å²) < 4.78 is 5.86. The van der Waals surface area contributed by atoms with Gasteiger partial charge in [-0.1, -0.05) is 0 Å². The third-order valence-corrected chi connectivity index (χ3v) is 4.66. The zero-order valence-corrected chi connectivity index (χ0v) is 15.2. The second-order valence-corrected chi connectivity index (χ2v) is 7.17. The molecule has 0 atom stereocenters. The van der Waals surface area contributed by atoms with E-state index in [9.17, 15) is 4.79 Å². The molecule has 2 aromatic rings. The van der Waals surface area contributed by atoms with E-state index in [4.69, 9.17) is 4.42 Å². The first-order valence-corrected chi connectivity index (χ1v) is 9.21. The van der Waals surface area contributed by atoms with Gasteiger partial charge in [0.15, 0.2) is 0 Å². The van der Waals surface area contributed by atoms with Gasteiger partial charge in [0.2, 0.25) is 5.89 Å². The summed E-state index contributed by atoms with van der Waals surface area (Å²) in [5, 5.41) is 11.3. The van der Waals surface area contributed by atoms with Crippen LogP contribution in [0.5, 0.6) is 0 Å². The van der Waals surface area contributed by atoms with Gasteiger partial charge in [-0.05, 0) is 38.8 Å². The Kier molecular flexibility index (Phi) is 4.48. The van der Waals surface area contributed by atoms with Crippen LogP contribution in [0.3, 0.4) is 0 Å². The number of nitrogens with zero attached hydrogens (tertiary/aromatic N) is 5. The van der Waals surface area contributed by atoms with Crippen LogP contribution in [-0.4, -0.2) is 58.3 Å². The highest BCUT2D eigenvalue weighted by Gasteiger charge is 2.30. The molecule has 1 saturated carbocycles. The fourth-order valence-electron chi connectivity index (χ4n) is 3.11. The quantitative estimate of drug-likeness (QED) is 0.904. The summed E-state index contributed by atoms with van der Waals surface area (Å²) in [5.41, 5.74) is 0.854. The predicted octanol–water partition coefficient (Wildman–Crippen LogP) is 2.25. The number of piperazine rings is 1.